The summed E-state index contributed by atoms with van der Waals surface area (Å²) in [7, 11) is 1.62. The number of benzene rings is 2. The van der Waals surface area contributed by atoms with Crippen molar-refractivity contribution >= 4 is 6.09 Å². The zero-order valence-electron chi connectivity index (χ0n) is 16.8. The van der Waals surface area contributed by atoms with Gasteiger partial charge in [0, 0.05) is 12.2 Å². The van der Waals surface area contributed by atoms with Crippen LogP contribution in [0.4, 0.5) is 4.79 Å². The van der Waals surface area contributed by atoms with Crippen molar-refractivity contribution in [3.05, 3.63) is 65.7 Å². The predicted octanol–water partition coefficient (Wildman–Crippen LogP) is 5.17. The van der Waals surface area contributed by atoms with Crippen molar-refractivity contribution in [1.82, 2.24) is 4.90 Å². The van der Waals surface area contributed by atoms with Crippen molar-refractivity contribution in [1.29, 1.82) is 0 Å². The summed E-state index contributed by atoms with van der Waals surface area (Å²) in [6.07, 6.45) is -0.975. The fourth-order valence-electron chi connectivity index (χ4n) is 2.64. The first-order valence-corrected chi connectivity index (χ1v) is 9.13. The summed E-state index contributed by atoms with van der Waals surface area (Å²) in [5.41, 5.74) is 1.27. The van der Waals surface area contributed by atoms with E-state index in [1.807, 2.05) is 82.3 Å². The second kappa shape index (κ2) is 9.42. The van der Waals surface area contributed by atoms with Gasteiger partial charge in [0.25, 0.3) is 0 Å². The van der Waals surface area contributed by atoms with Crippen LogP contribution in [-0.4, -0.2) is 30.3 Å². The molecule has 0 fully saturated rings. The molecule has 0 aromatic heterocycles. The van der Waals surface area contributed by atoms with E-state index in [1.54, 1.807) is 12.0 Å². The van der Waals surface area contributed by atoms with E-state index in [-0.39, 0.29) is 0 Å². The highest BCUT2D eigenvalue weighted by Gasteiger charge is 2.30. The molecular formula is C22H29NO4. The van der Waals surface area contributed by atoms with Gasteiger partial charge in [0.05, 0.1) is 13.7 Å². The molecule has 0 bridgehead atoms. The monoisotopic (exact) mass is 371 g/mol. The number of carbonyl (C=O) groups is 1. The number of methoxy groups -OCH3 is 1. The maximum absolute atomic E-state index is 13.0. The first-order chi connectivity index (χ1) is 12.8. The Kier molecular flexibility index (Phi) is 7.25. The van der Waals surface area contributed by atoms with Gasteiger partial charge in [-0.3, -0.25) is 4.90 Å². The number of hydrogen-bond donors (Lipinski definition) is 0. The topological polar surface area (TPSA) is 48.0 Å². The van der Waals surface area contributed by atoms with Crippen molar-refractivity contribution in [2.75, 3.05) is 13.7 Å². The van der Waals surface area contributed by atoms with Crippen molar-refractivity contribution in [3.8, 4) is 5.75 Å². The lowest BCUT2D eigenvalue weighted by Crippen LogP contribution is -2.40. The van der Waals surface area contributed by atoms with Gasteiger partial charge < -0.3 is 14.2 Å². The van der Waals surface area contributed by atoms with E-state index in [9.17, 15) is 4.79 Å². The van der Waals surface area contributed by atoms with E-state index in [0.29, 0.717) is 13.2 Å². The molecule has 1 unspecified atom stereocenters. The number of amides is 1. The minimum Gasteiger partial charge on any atom is -0.497 e. The summed E-state index contributed by atoms with van der Waals surface area (Å²) < 4.78 is 16.8. The van der Waals surface area contributed by atoms with Crippen molar-refractivity contribution in [2.24, 2.45) is 0 Å². The second-order valence-corrected chi connectivity index (χ2v) is 7.17. The molecule has 0 aliphatic carbocycles. The molecule has 5 heteroatoms. The Morgan fingerprint density at radius 1 is 1.04 bits per heavy atom. The largest absolute Gasteiger partial charge is 0.497 e. The number of carbonyl (C=O) groups excluding carboxylic acids is 1. The Bertz CT molecular complexity index is 707. The fraction of sp³-hybridized carbons (Fsp3) is 0.409. The zero-order valence-corrected chi connectivity index (χ0v) is 16.8. The predicted molar refractivity (Wildman–Crippen MR) is 106 cm³/mol. The highest BCUT2D eigenvalue weighted by atomic mass is 16.6. The summed E-state index contributed by atoms with van der Waals surface area (Å²) in [6.45, 7) is 8.32. The third-order valence-corrected chi connectivity index (χ3v) is 3.83. The lowest BCUT2D eigenvalue weighted by atomic mass is 10.1. The van der Waals surface area contributed by atoms with Crippen LogP contribution in [0.1, 0.15) is 45.0 Å². The second-order valence-electron chi connectivity index (χ2n) is 7.17. The molecule has 0 saturated carbocycles. The number of rotatable bonds is 7. The first-order valence-electron chi connectivity index (χ1n) is 9.13. The van der Waals surface area contributed by atoms with E-state index in [0.717, 1.165) is 16.9 Å². The van der Waals surface area contributed by atoms with Crippen LogP contribution in [0.3, 0.4) is 0 Å². The molecule has 1 amide bonds. The van der Waals surface area contributed by atoms with Crippen LogP contribution >= 0.6 is 0 Å². The minimum absolute atomic E-state index is 0.381. The third kappa shape index (κ3) is 6.29. The van der Waals surface area contributed by atoms with Gasteiger partial charge in [-0.05, 0) is 45.4 Å². The molecule has 0 saturated heterocycles. The van der Waals surface area contributed by atoms with Crippen LogP contribution in [0.25, 0.3) is 0 Å². The normalized spacial score (nSPS) is 12.3. The van der Waals surface area contributed by atoms with Crippen molar-refractivity contribution < 1.29 is 19.0 Å². The molecule has 27 heavy (non-hydrogen) atoms. The quantitative estimate of drug-likeness (QED) is 0.630. The Hall–Kier alpha value is -2.53. The molecule has 5 nitrogen and oxygen atoms in total. The maximum atomic E-state index is 13.0. The summed E-state index contributed by atoms with van der Waals surface area (Å²) in [5.74, 6) is 0.751. The summed E-state index contributed by atoms with van der Waals surface area (Å²) in [5, 5.41) is 0. The van der Waals surface area contributed by atoms with Crippen LogP contribution in [0.15, 0.2) is 54.6 Å². The molecule has 0 spiro atoms. The zero-order chi connectivity index (χ0) is 19.9. The lowest BCUT2D eigenvalue weighted by molar-refractivity contribution is -0.0702. The van der Waals surface area contributed by atoms with Gasteiger partial charge in [-0.15, -0.1) is 0 Å². The van der Waals surface area contributed by atoms with E-state index in [2.05, 4.69) is 0 Å². The average molecular weight is 371 g/mol. The molecule has 2 aromatic carbocycles. The highest BCUT2D eigenvalue weighted by molar-refractivity contribution is 5.68. The van der Waals surface area contributed by atoms with Crippen LogP contribution in [0.2, 0.25) is 0 Å². The Morgan fingerprint density at radius 3 is 2.19 bits per heavy atom. The molecular weight excluding hydrogens is 342 g/mol. The van der Waals surface area contributed by atoms with Gasteiger partial charge in [0.1, 0.15) is 11.4 Å². The third-order valence-electron chi connectivity index (χ3n) is 3.83. The molecule has 2 aromatic rings. The minimum atomic E-state index is -0.595. The smallest absolute Gasteiger partial charge is 0.412 e. The van der Waals surface area contributed by atoms with E-state index < -0.39 is 17.9 Å². The Labute approximate surface area is 161 Å². The fourth-order valence-corrected chi connectivity index (χ4v) is 2.64. The highest BCUT2D eigenvalue weighted by Crippen LogP contribution is 2.28. The van der Waals surface area contributed by atoms with Gasteiger partial charge in [-0.2, -0.15) is 0 Å². The van der Waals surface area contributed by atoms with Crippen molar-refractivity contribution in [3.63, 3.8) is 0 Å². The summed E-state index contributed by atoms with van der Waals surface area (Å²) >= 11 is 0. The number of ether oxygens (including phenoxy) is 3. The molecule has 1 atom stereocenters. The van der Waals surface area contributed by atoms with Gasteiger partial charge in [-0.25, -0.2) is 4.79 Å². The first kappa shape index (κ1) is 20.8. The number of nitrogens with zero attached hydrogens (tertiary/aromatic N) is 1. The van der Waals surface area contributed by atoms with Gasteiger partial charge in [0.2, 0.25) is 0 Å². The standard InChI is InChI=1S/C22H29NO4/c1-6-26-20(18-12-14-19(25-5)15-13-18)23(21(24)27-22(2,3)4)16-17-10-8-7-9-11-17/h7-15,20H,6,16H2,1-5H3. The average Bonchev–Trinajstić information content (AvgIpc) is 2.64. The molecule has 0 radical (unpaired) electrons. The molecule has 0 N–H and O–H groups in total. The van der Waals surface area contributed by atoms with Crippen LogP contribution in [0.5, 0.6) is 5.75 Å². The van der Waals surface area contributed by atoms with Gasteiger partial charge in [-0.1, -0.05) is 42.5 Å². The van der Waals surface area contributed by atoms with E-state index in [4.69, 9.17) is 14.2 Å². The van der Waals surface area contributed by atoms with E-state index in [1.165, 1.54) is 0 Å². The molecule has 2 rings (SSSR count). The SMILES string of the molecule is CCOC(c1ccc(OC)cc1)N(Cc1ccccc1)C(=O)OC(C)(C)C. The molecule has 0 aliphatic rings. The maximum Gasteiger partial charge on any atom is 0.412 e. The molecule has 146 valence electrons. The van der Waals surface area contributed by atoms with Gasteiger partial charge >= 0.3 is 6.09 Å². The molecule has 0 aliphatic heterocycles. The number of hydrogen-bond acceptors (Lipinski definition) is 4. The van der Waals surface area contributed by atoms with Crippen LogP contribution in [-0.2, 0) is 16.0 Å². The Morgan fingerprint density at radius 2 is 1.67 bits per heavy atom. The van der Waals surface area contributed by atoms with Crippen LogP contribution in [0, 0.1) is 0 Å². The lowest BCUT2D eigenvalue weighted by Gasteiger charge is -2.33. The van der Waals surface area contributed by atoms with Gasteiger partial charge in [0.15, 0.2) is 6.23 Å². The Balaban J connectivity index is 2.37. The molecule has 0 heterocycles. The van der Waals surface area contributed by atoms with Crippen molar-refractivity contribution in [2.45, 2.75) is 46.1 Å². The summed E-state index contributed by atoms with van der Waals surface area (Å²) in [4.78, 5) is 14.6. The summed E-state index contributed by atoms with van der Waals surface area (Å²) in [6, 6.07) is 17.3. The van der Waals surface area contributed by atoms with Crippen LogP contribution < -0.4 is 4.74 Å². The van der Waals surface area contributed by atoms with E-state index >= 15 is 0 Å².